The van der Waals surface area contributed by atoms with Gasteiger partial charge in [-0.05, 0) is 75.9 Å². The lowest BCUT2D eigenvalue weighted by Gasteiger charge is -2.45. The average Bonchev–Trinajstić information content (AvgIpc) is 3.40. The van der Waals surface area contributed by atoms with E-state index in [0.29, 0.717) is 30.7 Å². The Morgan fingerprint density at radius 2 is 1.83 bits per heavy atom. The van der Waals surface area contributed by atoms with E-state index in [2.05, 4.69) is 10.0 Å². The summed E-state index contributed by atoms with van der Waals surface area (Å²) in [6.07, 6.45) is 2.48. The number of aromatic nitrogens is 1. The Labute approximate surface area is 240 Å². The monoisotopic (exact) mass is 569 g/mol. The Morgan fingerprint density at radius 1 is 1.12 bits per heavy atom. The number of hydrogen-bond donors (Lipinski definition) is 0. The average molecular weight is 570 g/mol. The number of nitrogens with zero attached hydrogens (tertiary/aromatic N) is 3. The summed E-state index contributed by atoms with van der Waals surface area (Å²) in [4.78, 5) is 25.1. The molecule has 0 amide bonds. The maximum atomic E-state index is 13.1. The number of benzene rings is 2. The molecule has 0 radical (unpaired) electrons. The van der Waals surface area contributed by atoms with Gasteiger partial charge in [0.05, 0.1) is 44.1 Å². The Morgan fingerprint density at radius 3 is 2.44 bits per heavy atom. The SMILES string of the molecule is COC(=O)c1ccc([C@@H]2C[C@@H](OCCF)CCN2N(C)c2c(OC)cc(C)c3c2ccn3C(=O)OC(C)(C)C)cc1. The molecule has 9 nitrogen and oxygen atoms in total. The summed E-state index contributed by atoms with van der Waals surface area (Å²) < 4.78 is 36.7. The number of aryl methyl sites for hydroxylation is 1. The van der Waals surface area contributed by atoms with Crippen LogP contribution in [0.4, 0.5) is 14.9 Å². The van der Waals surface area contributed by atoms with Gasteiger partial charge in [0.25, 0.3) is 0 Å². The van der Waals surface area contributed by atoms with Crippen molar-refractivity contribution >= 4 is 28.7 Å². The molecule has 0 N–H and O–H groups in total. The smallest absolute Gasteiger partial charge is 0.419 e. The van der Waals surface area contributed by atoms with E-state index in [-0.39, 0.29) is 18.8 Å². The van der Waals surface area contributed by atoms with Gasteiger partial charge >= 0.3 is 12.1 Å². The van der Waals surface area contributed by atoms with Crippen LogP contribution in [-0.4, -0.2) is 74.4 Å². The molecule has 1 aliphatic rings. The van der Waals surface area contributed by atoms with E-state index in [9.17, 15) is 14.0 Å². The number of carbonyl (C=O) groups excluding carboxylic acids is 2. The standard InChI is InChI=1S/C31H40FN3O6/c1-20-18-26(38-6)28(24-13-15-34(27(20)24)30(37)41-31(2,3)4)33(5)35-16-12-23(40-17-14-32)19-25(35)21-8-10-22(11-9-21)29(36)39-7/h8-11,13,15,18,23,25H,12,14,16-17,19H2,1-7H3/t23-,25-/m0/s1. The zero-order chi connectivity index (χ0) is 29.9. The summed E-state index contributed by atoms with van der Waals surface area (Å²) in [6, 6.07) is 11.0. The van der Waals surface area contributed by atoms with Gasteiger partial charge in [-0.1, -0.05) is 12.1 Å². The Kier molecular flexibility index (Phi) is 9.24. The van der Waals surface area contributed by atoms with Gasteiger partial charge in [0.15, 0.2) is 0 Å². The van der Waals surface area contributed by atoms with Gasteiger partial charge in [-0.2, -0.15) is 0 Å². The molecule has 41 heavy (non-hydrogen) atoms. The topological polar surface area (TPSA) is 82.5 Å². The minimum absolute atomic E-state index is 0.0547. The summed E-state index contributed by atoms with van der Waals surface area (Å²) in [7, 11) is 4.95. The van der Waals surface area contributed by atoms with Gasteiger partial charge in [0, 0.05) is 25.2 Å². The highest BCUT2D eigenvalue weighted by molar-refractivity contribution is 6.01. The third-order valence-electron chi connectivity index (χ3n) is 7.29. The summed E-state index contributed by atoms with van der Waals surface area (Å²) in [5.41, 5.74) is 3.21. The molecule has 10 heteroatoms. The Balaban J connectivity index is 1.77. The molecule has 1 fully saturated rings. The van der Waals surface area contributed by atoms with E-state index >= 15 is 0 Å². The molecule has 0 bridgehead atoms. The molecule has 2 atom stereocenters. The molecule has 0 aliphatic carbocycles. The molecule has 1 aliphatic heterocycles. The lowest BCUT2D eigenvalue weighted by molar-refractivity contribution is -0.0224. The van der Waals surface area contributed by atoms with Crippen molar-refractivity contribution < 1.29 is 32.9 Å². The summed E-state index contributed by atoms with van der Waals surface area (Å²) in [6.45, 7) is 7.60. The van der Waals surface area contributed by atoms with Gasteiger partial charge in [-0.3, -0.25) is 4.57 Å². The number of piperidine rings is 1. The fraction of sp³-hybridized carbons (Fsp3) is 0.484. The van der Waals surface area contributed by atoms with E-state index in [1.807, 2.05) is 59.0 Å². The van der Waals surface area contributed by atoms with E-state index in [1.165, 1.54) is 11.7 Å². The largest absolute Gasteiger partial charge is 0.494 e. The second-order valence-corrected chi connectivity index (χ2v) is 11.2. The zero-order valence-corrected chi connectivity index (χ0v) is 24.9. The lowest BCUT2D eigenvalue weighted by atomic mass is 9.93. The number of alkyl halides is 1. The van der Waals surface area contributed by atoms with E-state index in [0.717, 1.165) is 27.7 Å². The van der Waals surface area contributed by atoms with Crippen LogP contribution in [0.25, 0.3) is 10.9 Å². The van der Waals surface area contributed by atoms with Gasteiger partial charge in [-0.25, -0.2) is 19.0 Å². The first-order chi connectivity index (χ1) is 19.5. The van der Waals surface area contributed by atoms with Crippen molar-refractivity contribution in [2.45, 2.75) is 58.3 Å². The van der Waals surface area contributed by atoms with Crippen molar-refractivity contribution in [3.63, 3.8) is 0 Å². The van der Waals surface area contributed by atoms with Gasteiger partial charge in [-0.15, -0.1) is 0 Å². The van der Waals surface area contributed by atoms with Crippen molar-refractivity contribution in [1.29, 1.82) is 0 Å². The fourth-order valence-corrected chi connectivity index (χ4v) is 5.48. The first-order valence-electron chi connectivity index (χ1n) is 13.8. The molecule has 2 heterocycles. The van der Waals surface area contributed by atoms with Gasteiger partial charge in [0.2, 0.25) is 0 Å². The summed E-state index contributed by atoms with van der Waals surface area (Å²) in [5.74, 6) is 0.259. The van der Waals surface area contributed by atoms with E-state index in [1.54, 1.807) is 25.4 Å². The number of rotatable bonds is 8. The maximum Gasteiger partial charge on any atom is 0.419 e. The number of methoxy groups -OCH3 is 2. The number of esters is 1. The summed E-state index contributed by atoms with van der Waals surface area (Å²) in [5, 5.41) is 5.12. The van der Waals surface area contributed by atoms with Crippen LogP contribution in [0.2, 0.25) is 0 Å². The molecule has 2 aromatic carbocycles. The number of halogens is 1. The predicted molar refractivity (Wildman–Crippen MR) is 155 cm³/mol. The molecule has 222 valence electrons. The van der Waals surface area contributed by atoms with E-state index in [4.69, 9.17) is 18.9 Å². The Hall–Kier alpha value is -3.63. The predicted octanol–water partition coefficient (Wildman–Crippen LogP) is 6.07. The number of anilines is 1. The molecular formula is C31H40FN3O6. The highest BCUT2D eigenvalue weighted by Gasteiger charge is 2.35. The van der Waals surface area contributed by atoms with E-state index < -0.39 is 24.3 Å². The number of fused-ring (bicyclic) bond motifs is 1. The number of hydrazine groups is 1. The van der Waals surface area contributed by atoms with Gasteiger partial charge < -0.3 is 24.0 Å². The molecule has 0 saturated carbocycles. The van der Waals surface area contributed by atoms with Crippen LogP contribution in [0, 0.1) is 6.92 Å². The van der Waals surface area contributed by atoms with Crippen LogP contribution in [0.1, 0.15) is 61.1 Å². The molecule has 4 rings (SSSR count). The molecule has 0 unspecified atom stereocenters. The third kappa shape index (κ3) is 6.49. The lowest BCUT2D eigenvalue weighted by Crippen LogP contribution is -2.49. The number of hydrogen-bond acceptors (Lipinski definition) is 8. The second kappa shape index (κ2) is 12.5. The van der Waals surface area contributed by atoms with Crippen LogP contribution in [0.3, 0.4) is 0 Å². The molecular weight excluding hydrogens is 529 g/mol. The van der Waals surface area contributed by atoms with Crippen LogP contribution in [0.15, 0.2) is 42.6 Å². The number of ether oxygens (including phenoxy) is 4. The summed E-state index contributed by atoms with van der Waals surface area (Å²) >= 11 is 0. The molecule has 0 spiro atoms. The normalized spacial score (nSPS) is 17.9. The third-order valence-corrected chi connectivity index (χ3v) is 7.29. The minimum Gasteiger partial charge on any atom is -0.494 e. The first kappa shape index (κ1) is 30.3. The molecule has 1 saturated heterocycles. The highest BCUT2D eigenvalue weighted by atomic mass is 19.1. The van der Waals surface area contributed by atoms with Crippen molar-refractivity contribution in [1.82, 2.24) is 9.58 Å². The van der Waals surface area contributed by atoms with Crippen LogP contribution in [0.5, 0.6) is 5.75 Å². The van der Waals surface area contributed by atoms with Crippen molar-refractivity contribution in [2.75, 3.05) is 46.1 Å². The maximum absolute atomic E-state index is 13.1. The van der Waals surface area contributed by atoms with Crippen LogP contribution >= 0.6 is 0 Å². The fourth-order valence-electron chi connectivity index (χ4n) is 5.48. The minimum atomic E-state index is -0.640. The van der Waals surface area contributed by atoms with Crippen LogP contribution in [-0.2, 0) is 14.2 Å². The van der Waals surface area contributed by atoms with Gasteiger partial charge in [0.1, 0.15) is 23.7 Å². The van der Waals surface area contributed by atoms with Crippen molar-refractivity contribution in [3.8, 4) is 5.75 Å². The Bertz CT molecular complexity index is 1380. The van der Waals surface area contributed by atoms with Crippen molar-refractivity contribution in [2.24, 2.45) is 0 Å². The zero-order valence-electron chi connectivity index (χ0n) is 24.9. The quantitative estimate of drug-likeness (QED) is 0.302. The molecule has 3 aromatic rings. The first-order valence-corrected chi connectivity index (χ1v) is 13.8. The van der Waals surface area contributed by atoms with Crippen molar-refractivity contribution in [3.05, 3.63) is 59.3 Å². The molecule has 1 aromatic heterocycles. The number of carbonyl (C=O) groups is 2. The highest BCUT2D eigenvalue weighted by Crippen LogP contribution is 2.43. The second-order valence-electron chi connectivity index (χ2n) is 11.2. The van der Waals surface area contributed by atoms with Crippen LogP contribution < -0.4 is 9.75 Å².